The number of rotatable bonds is 30. The first-order valence-corrected chi connectivity index (χ1v) is 36.9. The van der Waals surface area contributed by atoms with Gasteiger partial charge < -0.3 is 48.8 Å². The molecule has 0 amide bonds. The van der Waals surface area contributed by atoms with Crippen molar-refractivity contribution in [2.75, 3.05) is 54.4 Å². The Balaban J connectivity index is 0.000000238. The molecule has 6 aromatic heterocycles. The molecule has 9 aromatic rings. The first-order valence-electron chi connectivity index (χ1n) is 36.9. The number of hydrogen-bond acceptors (Lipinski definition) is 18. The van der Waals surface area contributed by atoms with Crippen molar-refractivity contribution in [2.45, 2.75) is 174 Å². The fourth-order valence-corrected chi connectivity index (χ4v) is 13.6. The molecule has 23 nitrogen and oxygen atoms in total. The molecule has 12 rings (SSSR count). The van der Waals surface area contributed by atoms with Crippen molar-refractivity contribution >= 4 is 17.9 Å². The monoisotopic (exact) mass is 1530 g/mol. The number of nitrogens with one attached hydrogen (secondary N) is 1. The third-order valence-corrected chi connectivity index (χ3v) is 19.2. The average molecular weight is 1530 g/mol. The molecule has 3 aliphatic rings. The molecule has 3 aromatic carbocycles. The Kier molecular flexibility index (Phi) is 36.7. The number of esters is 2. The maximum Gasteiger partial charge on any atom is 1.00 e. The Morgan fingerprint density at radius 2 is 0.864 bits per heavy atom. The van der Waals surface area contributed by atoms with Gasteiger partial charge in [0.1, 0.15) is 0 Å². The molecule has 3 atom stereocenters. The Hall–Kier alpha value is -9.34. The van der Waals surface area contributed by atoms with Crippen LogP contribution in [-0.4, -0.2) is 132 Å². The van der Waals surface area contributed by atoms with E-state index in [1.807, 2.05) is 25.2 Å². The molecule has 0 bridgehead atoms. The molecule has 588 valence electrons. The predicted octanol–water partition coefficient (Wildman–Crippen LogP) is 10.1. The summed E-state index contributed by atoms with van der Waals surface area (Å²) in [6.45, 7) is 5.23. The third-order valence-electron chi connectivity index (χ3n) is 19.2. The normalized spacial score (nSPS) is 13.2. The SMILES string of the molecule is C.CCOC(=O)C[C@H](Cc1cc(=O)n(C)[nH]1)c1ccc(OC)c(F)c1.CCOC(=O)C[C@H](Cc1cc(OCCc2ccc3c(n2)CCCC3)n(C)n1)c1ccc(OC)c(F)c1.COc1ccc([C@H](CC(=O)O)Cc2cc(OCCc3ccc4c(n3)CCCC4)n(C)n2)cc1F.OCCc1ccc2c(n1)CCCC2.[Na+].[OH-]. The van der Waals surface area contributed by atoms with Gasteiger partial charge in [0.05, 0.1) is 78.4 Å². The Morgan fingerprint density at radius 1 is 0.500 bits per heavy atom. The zero-order valence-corrected chi connectivity index (χ0v) is 66.1. The van der Waals surface area contributed by atoms with Crippen LogP contribution in [0.4, 0.5) is 13.2 Å². The number of aromatic nitrogens is 9. The molecule has 0 saturated carbocycles. The van der Waals surface area contributed by atoms with Crippen molar-refractivity contribution in [3.63, 3.8) is 0 Å². The van der Waals surface area contributed by atoms with Gasteiger partial charge in [0.15, 0.2) is 34.7 Å². The largest absolute Gasteiger partial charge is 1.00 e. The first-order chi connectivity index (χ1) is 51.7. The molecule has 0 radical (unpaired) electrons. The van der Waals surface area contributed by atoms with E-state index in [0.29, 0.717) is 98.2 Å². The van der Waals surface area contributed by atoms with Gasteiger partial charge in [-0.1, -0.05) is 43.8 Å². The molecule has 0 fully saturated rings. The number of carbonyl (C=O) groups is 3. The number of hydrogen-bond donors (Lipinski definition) is 3. The number of pyridine rings is 3. The number of aromatic amines is 1. The average Bonchev–Trinajstić information content (AvgIpc) is 1.50. The van der Waals surface area contributed by atoms with Crippen LogP contribution in [0.25, 0.3) is 0 Å². The molecule has 110 heavy (non-hydrogen) atoms. The van der Waals surface area contributed by atoms with Crippen molar-refractivity contribution in [3.05, 3.63) is 222 Å². The first kappa shape index (κ1) is 89.6. The number of H-pyrrole nitrogens is 1. The van der Waals surface area contributed by atoms with Crippen molar-refractivity contribution in [2.24, 2.45) is 21.1 Å². The zero-order chi connectivity index (χ0) is 76.4. The smallest absolute Gasteiger partial charge is 0.870 e. The molecule has 3 aliphatic carbocycles. The number of ether oxygens (including phenoxy) is 7. The number of methoxy groups -OCH3 is 3. The minimum absolute atomic E-state index is 0. The molecular formula is C83H105F3N9NaO14. The van der Waals surface area contributed by atoms with E-state index in [1.54, 1.807) is 61.6 Å². The standard InChI is InChI=1S/C28H34FN3O4.C26H30FN3O4.C17H21FN2O4.C11H15NO.CH4.Na.H2O/c1-4-35-28(33)17-21(20-10-12-26(34-3)24(29)16-20)15-23-18-27(32(2)31-23)36-14-13-22-11-9-19-7-5-6-8-25(19)30-22;1-30-25(34-12-11-20-9-7-17-5-3-4-6-23(17)28-20)16-21(29-30)13-19(15-26(31)32)18-8-10-24(33-2)22(27)14-18;1-4-24-17(22)9-12(7-13-10-16(21)20(2)19-13)11-5-6-15(23-3)14(18)8-11;13-8-7-10-6-5-9-3-1-2-4-11(9)12-10;;;/h9-12,16,18,21H,4-8,13-15,17H2,1-3H3;7-10,14,16,19H,3-6,11-13,15H2,1-2H3,(H,31,32);5-6,8,10,12,19H,4,7,9H2,1-3H3;5-6,13H,1-4,7-8H2;1H4;;1H2/q;;;;;+1;/p-1/t21-;19-;12-;;;;/m000..../s1. The minimum Gasteiger partial charge on any atom is -0.870 e. The van der Waals surface area contributed by atoms with Crippen LogP contribution in [0.1, 0.15) is 181 Å². The quantitative estimate of drug-likeness (QED) is 0.0278. The van der Waals surface area contributed by atoms with Crippen LogP contribution in [0.15, 0.2) is 114 Å². The van der Waals surface area contributed by atoms with E-state index >= 15 is 0 Å². The fraction of sp³-hybridized carbons (Fsp3) is 0.458. The van der Waals surface area contributed by atoms with Crippen LogP contribution in [0.3, 0.4) is 0 Å². The summed E-state index contributed by atoms with van der Waals surface area (Å²) in [4.78, 5) is 61.3. The molecule has 0 saturated heterocycles. The second-order valence-electron chi connectivity index (χ2n) is 26.9. The van der Waals surface area contributed by atoms with Crippen LogP contribution in [0.5, 0.6) is 29.0 Å². The predicted molar refractivity (Wildman–Crippen MR) is 406 cm³/mol. The maximum absolute atomic E-state index is 14.4. The molecule has 6 heterocycles. The Labute approximate surface area is 664 Å². The summed E-state index contributed by atoms with van der Waals surface area (Å²) >= 11 is 0. The molecule has 0 aliphatic heterocycles. The van der Waals surface area contributed by atoms with Gasteiger partial charge in [0.25, 0.3) is 5.56 Å². The van der Waals surface area contributed by atoms with E-state index in [1.165, 1.54) is 141 Å². The van der Waals surface area contributed by atoms with Gasteiger partial charge in [-0.25, -0.2) is 22.5 Å². The van der Waals surface area contributed by atoms with E-state index in [2.05, 4.69) is 50.6 Å². The van der Waals surface area contributed by atoms with Crippen LogP contribution in [0.2, 0.25) is 0 Å². The van der Waals surface area contributed by atoms with E-state index in [0.717, 1.165) is 54.9 Å². The number of benzene rings is 3. The number of aliphatic hydroxyl groups excluding tert-OH is 1. The Bertz CT molecular complexity index is 4490. The number of fused-ring (bicyclic) bond motifs is 3. The number of aryl methyl sites for hydroxylation is 9. The van der Waals surface area contributed by atoms with Gasteiger partial charge in [-0.15, -0.1) is 0 Å². The number of carbonyl (C=O) groups excluding carboxylic acids is 2. The van der Waals surface area contributed by atoms with E-state index in [-0.39, 0.29) is 122 Å². The summed E-state index contributed by atoms with van der Waals surface area (Å²) in [5, 5.41) is 30.1. The second kappa shape index (κ2) is 45.1. The Morgan fingerprint density at radius 3 is 1.20 bits per heavy atom. The fourth-order valence-electron chi connectivity index (χ4n) is 13.6. The van der Waals surface area contributed by atoms with E-state index in [4.69, 9.17) is 48.2 Å². The molecule has 0 unspecified atom stereocenters. The zero-order valence-electron chi connectivity index (χ0n) is 64.1. The minimum atomic E-state index is -0.953. The van der Waals surface area contributed by atoms with Crippen LogP contribution in [0, 0.1) is 17.5 Å². The molecule has 0 spiro atoms. The second-order valence-corrected chi connectivity index (χ2v) is 26.9. The number of halogens is 3. The summed E-state index contributed by atoms with van der Waals surface area (Å²) < 4.78 is 84.3. The van der Waals surface area contributed by atoms with Gasteiger partial charge in [0, 0.05) is 117 Å². The van der Waals surface area contributed by atoms with Crippen molar-refractivity contribution in [3.8, 4) is 29.0 Å². The topological polar surface area (TPSA) is 298 Å². The van der Waals surface area contributed by atoms with Crippen LogP contribution >= 0.6 is 0 Å². The molecule has 27 heteroatoms. The maximum atomic E-state index is 14.4. The summed E-state index contributed by atoms with van der Waals surface area (Å²) in [6, 6.07) is 31.8. The van der Waals surface area contributed by atoms with Gasteiger partial charge in [-0.05, 0) is 204 Å². The summed E-state index contributed by atoms with van der Waals surface area (Å²) in [5.74, 6) is -2.51. The van der Waals surface area contributed by atoms with Crippen LogP contribution in [-0.2, 0) is 122 Å². The third kappa shape index (κ3) is 26.4. The van der Waals surface area contributed by atoms with Gasteiger partial charge in [-0.3, -0.25) is 43.9 Å². The van der Waals surface area contributed by atoms with Crippen molar-refractivity contribution < 1.29 is 106 Å². The van der Waals surface area contributed by atoms with Gasteiger partial charge in [0.2, 0.25) is 11.8 Å². The van der Waals surface area contributed by atoms with E-state index < -0.39 is 29.3 Å². The molecular weight excluding hydrogens is 1430 g/mol. The number of aliphatic carboxylic acids is 1. The van der Waals surface area contributed by atoms with E-state index in [9.17, 15) is 37.5 Å². The summed E-state index contributed by atoms with van der Waals surface area (Å²) in [7, 11) is 9.43. The number of carboxylic acids is 1. The van der Waals surface area contributed by atoms with Crippen molar-refractivity contribution in [1.82, 2.24) is 44.3 Å². The van der Waals surface area contributed by atoms with Crippen LogP contribution < -0.4 is 58.8 Å². The number of carboxylic acid groups (broad SMARTS) is 1. The van der Waals surface area contributed by atoms with Gasteiger partial charge >= 0.3 is 47.5 Å². The molecule has 4 N–H and O–H groups in total. The summed E-state index contributed by atoms with van der Waals surface area (Å²) in [6.07, 6.45) is 17.4. The number of nitrogens with zero attached hydrogens (tertiary/aromatic N) is 8. The van der Waals surface area contributed by atoms with Crippen molar-refractivity contribution in [1.29, 1.82) is 0 Å². The number of aliphatic hydroxyl groups is 1. The van der Waals surface area contributed by atoms with Gasteiger partial charge in [-0.2, -0.15) is 10.2 Å². The summed E-state index contributed by atoms with van der Waals surface area (Å²) in [5.41, 5.74) is 14.8.